The van der Waals surface area contributed by atoms with Gasteiger partial charge >= 0.3 is 0 Å². The molecule has 0 unspecified atom stereocenters. The van der Waals surface area contributed by atoms with Crippen LogP contribution in [0.25, 0.3) is 6.08 Å². The first-order valence-corrected chi connectivity index (χ1v) is 9.73. The van der Waals surface area contributed by atoms with Gasteiger partial charge < -0.3 is 9.47 Å². The van der Waals surface area contributed by atoms with Crippen LogP contribution in [0, 0.1) is 0 Å². The Bertz CT molecular complexity index is 838. The molecule has 1 aromatic rings. The van der Waals surface area contributed by atoms with Crippen LogP contribution in [-0.4, -0.2) is 41.1 Å². The first-order chi connectivity index (χ1) is 13.3. The zero-order valence-corrected chi connectivity index (χ0v) is 17.7. The summed E-state index contributed by atoms with van der Waals surface area (Å²) in [6.07, 6.45) is 3.75. The molecule has 1 fully saturated rings. The second kappa shape index (κ2) is 9.71. The van der Waals surface area contributed by atoms with E-state index in [0.717, 1.165) is 6.42 Å². The molecule has 0 radical (unpaired) electrons. The minimum atomic E-state index is -0.565. The van der Waals surface area contributed by atoms with E-state index in [1.54, 1.807) is 12.1 Å². The molecule has 1 atom stereocenters. The Morgan fingerprint density at radius 3 is 2.68 bits per heavy atom. The van der Waals surface area contributed by atoms with Crippen molar-refractivity contribution in [1.82, 2.24) is 10.2 Å². The predicted octanol–water partition coefficient (Wildman–Crippen LogP) is 3.73. The molecule has 0 bridgehead atoms. The third kappa shape index (κ3) is 4.91. The van der Waals surface area contributed by atoms with Gasteiger partial charge in [0.15, 0.2) is 16.6 Å². The monoisotopic (exact) mass is 422 g/mol. The number of carbonyl (C=O) groups is 2. The molecule has 1 aliphatic heterocycles. The van der Waals surface area contributed by atoms with Crippen LogP contribution in [0.15, 0.2) is 30.4 Å². The van der Waals surface area contributed by atoms with Crippen molar-refractivity contribution in [2.75, 3.05) is 13.2 Å². The van der Waals surface area contributed by atoms with Gasteiger partial charge in [0, 0.05) is 6.54 Å². The molecule has 2 amide bonds. The van der Waals surface area contributed by atoms with Gasteiger partial charge in [-0.1, -0.05) is 24.6 Å². The number of benzene rings is 1. The molecule has 0 aliphatic carbocycles. The van der Waals surface area contributed by atoms with Crippen molar-refractivity contribution in [2.45, 2.75) is 33.3 Å². The van der Waals surface area contributed by atoms with Crippen molar-refractivity contribution in [3.8, 4) is 11.5 Å². The fourth-order valence-electron chi connectivity index (χ4n) is 2.49. The Morgan fingerprint density at radius 2 is 2.07 bits per heavy atom. The molecule has 0 saturated carbocycles. The summed E-state index contributed by atoms with van der Waals surface area (Å²) in [5.74, 6) is -0.176. The quantitative estimate of drug-likeness (QED) is 0.299. The van der Waals surface area contributed by atoms with E-state index in [-0.39, 0.29) is 23.3 Å². The van der Waals surface area contributed by atoms with Gasteiger partial charge in [0.25, 0.3) is 11.8 Å². The second-order valence-electron chi connectivity index (χ2n) is 6.12. The zero-order valence-electron chi connectivity index (χ0n) is 16.1. The van der Waals surface area contributed by atoms with E-state index in [9.17, 15) is 9.59 Å². The Balaban J connectivity index is 2.46. The Morgan fingerprint density at radius 1 is 1.36 bits per heavy atom. The first-order valence-electron chi connectivity index (χ1n) is 8.95. The van der Waals surface area contributed by atoms with Crippen molar-refractivity contribution in [3.05, 3.63) is 40.9 Å². The van der Waals surface area contributed by atoms with Crippen LogP contribution in [0.5, 0.6) is 11.5 Å². The van der Waals surface area contributed by atoms with Crippen molar-refractivity contribution in [1.29, 1.82) is 0 Å². The summed E-state index contributed by atoms with van der Waals surface area (Å²) in [4.78, 5) is 26.2. The molecular formula is C20H23ClN2O4S. The minimum Gasteiger partial charge on any atom is -0.490 e. The van der Waals surface area contributed by atoms with E-state index in [1.807, 2.05) is 20.8 Å². The average Bonchev–Trinajstić information content (AvgIpc) is 2.65. The Kier molecular flexibility index (Phi) is 7.60. The van der Waals surface area contributed by atoms with Crippen LogP contribution in [0.3, 0.4) is 0 Å². The number of nitrogens with zero attached hydrogens (tertiary/aromatic N) is 1. The topological polar surface area (TPSA) is 67.9 Å². The summed E-state index contributed by atoms with van der Waals surface area (Å²) in [6.45, 7) is 9.99. The van der Waals surface area contributed by atoms with Gasteiger partial charge in [-0.3, -0.25) is 19.8 Å². The summed E-state index contributed by atoms with van der Waals surface area (Å²) in [5, 5.41) is 2.89. The molecule has 6 nitrogen and oxygen atoms in total. The summed E-state index contributed by atoms with van der Waals surface area (Å²) in [6, 6.07) is 3.31. The van der Waals surface area contributed by atoms with Crippen molar-refractivity contribution < 1.29 is 19.1 Å². The molecule has 2 rings (SSSR count). The highest BCUT2D eigenvalue weighted by atomic mass is 35.5. The molecule has 8 heteroatoms. The number of halogens is 1. The normalized spacial score (nSPS) is 16.8. The summed E-state index contributed by atoms with van der Waals surface area (Å²) in [5.41, 5.74) is 0.486. The van der Waals surface area contributed by atoms with Crippen LogP contribution < -0.4 is 14.8 Å². The number of ether oxygens (including phenoxy) is 2. The van der Waals surface area contributed by atoms with Gasteiger partial charge in [-0.2, -0.15) is 0 Å². The van der Waals surface area contributed by atoms with E-state index in [4.69, 9.17) is 33.3 Å². The largest absolute Gasteiger partial charge is 0.490 e. The van der Waals surface area contributed by atoms with Crippen LogP contribution in [-0.2, 0) is 9.59 Å². The van der Waals surface area contributed by atoms with Crippen molar-refractivity contribution in [3.63, 3.8) is 0 Å². The van der Waals surface area contributed by atoms with Gasteiger partial charge in [-0.15, -0.1) is 6.58 Å². The van der Waals surface area contributed by atoms with Gasteiger partial charge in [-0.05, 0) is 56.3 Å². The van der Waals surface area contributed by atoms with Gasteiger partial charge in [0.05, 0.1) is 17.7 Å². The lowest BCUT2D eigenvalue weighted by molar-refractivity contribution is -0.128. The van der Waals surface area contributed by atoms with Crippen molar-refractivity contribution in [2.24, 2.45) is 0 Å². The number of nitrogens with one attached hydrogen (secondary N) is 1. The molecule has 1 N–H and O–H groups in total. The lowest BCUT2D eigenvalue weighted by Gasteiger charge is -2.27. The van der Waals surface area contributed by atoms with E-state index < -0.39 is 11.8 Å². The maximum atomic E-state index is 12.7. The minimum absolute atomic E-state index is 0.0416. The van der Waals surface area contributed by atoms with Gasteiger partial charge in [-0.25, -0.2) is 0 Å². The molecule has 1 heterocycles. The van der Waals surface area contributed by atoms with E-state index in [1.165, 1.54) is 17.1 Å². The average molecular weight is 423 g/mol. The third-order valence-corrected chi connectivity index (χ3v) is 4.64. The standard InChI is InChI=1S/C20H23ClN2O4S/c1-5-8-23-19(25)14(18(24)22-20(23)28)9-13-10-15(21)17(27-12(4)6-2)16(11-13)26-7-3/h5,9-12H,1,6-8H2,2-4H3,(H,22,24,28)/b14-9-/t12-/m1/s1. The molecular weight excluding hydrogens is 400 g/mol. The SMILES string of the molecule is C=CCN1C(=O)/C(=C\c2cc(Cl)c(O[C@H](C)CC)c(OCC)c2)C(=O)NC1=S. The number of rotatable bonds is 8. The Hall–Kier alpha value is -2.38. The summed E-state index contributed by atoms with van der Waals surface area (Å²) in [7, 11) is 0. The maximum Gasteiger partial charge on any atom is 0.265 e. The molecule has 1 aliphatic rings. The number of hydrogen-bond acceptors (Lipinski definition) is 5. The van der Waals surface area contributed by atoms with Gasteiger partial charge in [0.1, 0.15) is 5.57 Å². The molecule has 0 aromatic heterocycles. The third-order valence-electron chi connectivity index (χ3n) is 4.03. The molecule has 1 saturated heterocycles. The highest BCUT2D eigenvalue weighted by molar-refractivity contribution is 7.80. The van der Waals surface area contributed by atoms with Crippen molar-refractivity contribution >= 4 is 46.8 Å². The molecule has 1 aromatic carbocycles. The highest BCUT2D eigenvalue weighted by Gasteiger charge is 2.32. The van der Waals surface area contributed by atoms with Gasteiger partial charge in [0.2, 0.25) is 0 Å². The number of carbonyl (C=O) groups excluding carboxylic acids is 2. The summed E-state index contributed by atoms with van der Waals surface area (Å²) >= 11 is 11.4. The van der Waals surface area contributed by atoms with Crippen LogP contribution in [0.1, 0.15) is 32.8 Å². The second-order valence-corrected chi connectivity index (χ2v) is 6.92. The fraction of sp³-hybridized carbons (Fsp3) is 0.350. The van der Waals surface area contributed by atoms with E-state index in [0.29, 0.717) is 28.7 Å². The Labute approximate surface area is 175 Å². The van der Waals surface area contributed by atoms with Crippen LogP contribution in [0.2, 0.25) is 5.02 Å². The van der Waals surface area contributed by atoms with Crippen LogP contribution in [0.4, 0.5) is 0 Å². The fourth-order valence-corrected chi connectivity index (χ4v) is 3.00. The van der Waals surface area contributed by atoms with E-state index in [2.05, 4.69) is 11.9 Å². The first kappa shape index (κ1) is 21.9. The molecule has 150 valence electrons. The van der Waals surface area contributed by atoms with Crippen LogP contribution >= 0.6 is 23.8 Å². The number of hydrogen-bond donors (Lipinski definition) is 1. The number of thiocarbonyl (C=S) groups is 1. The summed E-state index contributed by atoms with van der Waals surface area (Å²) < 4.78 is 11.5. The zero-order chi connectivity index (χ0) is 20.8. The lowest BCUT2D eigenvalue weighted by atomic mass is 10.1. The molecule has 0 spiro atoms. The number of amides is 2. The maximum absolute atomic E-state index is 12.7. The lowest BCUT2D eigenvalue weighted by Crippen LogP contribution is -2.53. The smallest absolute Gasteiger partial charge is 0.265 e. The van der Waals surface area contributed by atoms with E-state index >= 15 is 0 Å². The predicted molar refractivity (Wildman–Crippen MR) is 114 cm³/mol. The molecule has 28 heavy (non-hydrogen) atoms. The highest BCUT2D eigenvalue weighted by Crippen LogP contribution is 2.38.